The van der Waals surface area contributed by atoms with Gasteiger partial charge in [-0.1, -0.05) is 47.1 Å². The second-order valence-electron chi connectivity index (χ2n) is 7.14. The molecule has 0 amide bonds. The average molecular weight is 436 g/mol. The maximum atomic E-state index is 13.9. The van der Waals surface area contributed by atoms with Gasteiger partial charge in [-0.2, -0.15) is 0 Å². The number of aryl methyl sites for hydroxylation is 1. The molecule has 0 heterocycles. The summed E-state index contributed by atoms with van der Waals surface area (Å²) in [5.74, 6) is -0.114. The van der Waals surface area contributed by atoms with Crippen LogP contribution in [0.3, 0.4) is 0 Å². The summed E-state index contributed by atoms with van der Waals surface area (Å²) >= 11 is 3.57. The highest BCUT2D eigenvalue weighted by atomic mass is 79.9. The Hall–Kier alpha value is -1.56. The van der Waals surface area contributed by atoms with Crippen molar-refractivity contribution in [3.05, 3.63) is 68.9 Å². The Labute approximate surface area is 168 Å². The summed E-state index contributed by atoms with van der Waals surface area (Å²) in [4.78, 5) is 12.4. The van der Waals surface area contributed by atoms with Gasteiger partial charge in [-0.15, -0.1) is 0 Å². The summed E-state index contributed by atoms with van der Waals surface area (Å²) in [6.45, 7) is 3.83. The summed E-state index contributed by atoms with van der Waals surface area (Å²) in [5.41, 5.74) is 9.42. The van der Waals surface area contributed by atoms with E-state index in [1.807, 2.05) is 31.2 Å². The SMILES string of the molecule is Cc1cccc(F)c1CC(=O)CC[C@@H](C)c1cccc(Br)c1C[C@@H](N)CO. The lowest BCUT2D eigenvalue weighted by Gasteiger charge is -2.20. The zero-order valence-electron chi connectivity index (χ0n) is 15.8. The van der Waals surface area contributed by atoms with Gasteiger partial charge in [0.25, 0.3) is 0 Å². The molecule has 2 aromatic rings. The maximum Gasteiger partial charge on any atom is 0.137 e. The number of benzene rings is 2. The minimum Gasteiger partial charge on any atom is -0.395 e. The van der Waals surface area contributed by atoms with Crippen LogP contribution >= 0.6 is 15.9 Å². The molecule has 0 saturated carbocycles. The molecule has 0 unspecified atom stereocenters. The highest BCUT2D eigenvalue weighted by molar-refractivity contribution is 9.10. The van der Waals surface area contributed by atoms with Gasteiger partial charge in [0.15, 0.2) is 0 Å². The third-order valence-electron chi connectivity index (χ3n) is 4.97. The predicted molar refractivity (Wildman–Crippen MR) is 110 cm³/mol. The number of aliphatic hydroxyl groups excluding tert-OH is 1. The molecule has 146 valence electrons. The van der Waals surface area contributed by atoms with E-state index in [9.17, 15) is 14.3 Å². The van der Waals surface area contributed by atoms with Gasteiger partial charge in [-0.05, 0) is 60.1 Å². The van der Waals surface area contributed by atoms with Crippen LogP contribution < -0.4 is 5.73 Å². The lowest BCUT2D eigenvalue weighted by atomic mass is 9.88. The number of hydrogen-bond acceptors (Lipinski definition) is 3. The molecular formula is C22H27BrFNO2. The van der Waals surface area contributed by atoms with Gasteiger partial charge in [0.05, 0.1) is 6.61 Å². The van der Waals surface area contributed by atoms with E-state index in [2.05, 4.69) is 22.9 Å². The van der Waals surface area contributed by atoms with E-state index in [-0.39, 0.29) is 36.6 Å². The van der Waals surface area contributed by atoms with Crippen molar-refractivity contribution >= 4 is 21.7 Å². The van der Waals surface area contributed by atoms with Crippen molar-refractivity contribution < 1.29 is 14.3 Å². The molecule has 2 rings (SSSR count). The van der Waals surface area contributed by atoms with Crippen molar-refractivity contribution in [2.45, 2.75) is 51.5 Å². The molecule has 0 aromatic heterocycles. The van der Waals surface area contributed by atoms with Crippen LogP contribution in [0.2, 0.25) is 0 Å². The van der Waals surface area contributed by atoms with E-state index in [0.717, 1.165) is 21.2 Å². The zero-order valence-corrected chi connectivity index (χ0v) is 17.4. The smallest absolute Gasteiger partial charge is 0.137 e. The molecule has 2 aromatic carbocycles. The molecule has 0 spiro atoms. The van der Waals surface area contributed by atoms with Crippen LogP contribution in [0.5, 0.6) is 0 Å². The number of aliphatic hydroxyl groups is 1. The molecule has 3 N–H and O–H groups in total. The first-order valence-corrected chi connectivity index (χ1v) is 10.0. The largest absolute Gasteiger partial charge is 0.395 e. The third kappa shape index (κ3) is 5.96. The normalized spacial score (nSPS) is 13.4. The van der Waals surface area contributed by atoms with E-state index in [0.29, 0.717) is 24.8 Å². The lowest BCUT2D eigenvalue weighted by Crippen LogP contribution is -2.27. The summed E-state index contributed by atoms with van der Waals surface area (Å²) in [6, 6.07) is 10.5. The number of hydrogen-bond donors (Lipinski definition) is 2. The number of rotatable bonds is 9. The van der Waals surface area contributed by atoms with E-state index in [4.69, 9.17) is 5.73 Å². The molecule has 0 bridgehead atoms. The average Bonchev–Trinajstić information content (AvgIpc) is 2.64. The van der Waals surface area contributed by atoms with Gasteiger partial charge in [-0.25, -0.2) is 4.39 Å². The Balaban J connectivity index is 2.04. The molecule has 0 fully saturated rings. The second kappa shape index (κ2) is 10.1. The minimum absolute atomic E-state index is 0.0404. The molecule has 5 heteroatoms. The Morgan fingerprint density at radius 2 is 1.93 bits per heavy atom. The van der Waals surface area contributed by atoms with Crippen molar-refractivity contribution in [3.63, 3.8) is 0 Å². The van der Waals surface area contributed by atoms with Crippen LogP contribution in [0.1, 0.15) is 47.9 Å². The molecule has 3 nitrogen and oxygen atoms in total. The highest BCUT2D eigenvalue weighted by Gasteiger charge is 2.17. The number of carbonyl (C=O) groups excluding carboxylic acids is 1. The fraction of sp³-hybridized carbons (Fsp3) is 0.409. The van der Waals surface area contributed by atoms with Crippen molar-refractivity contribution in [1.29, 1.82) is 0 Å². The first kappa shape index (κ1) is 21.7. The molecule has 27 heavy (non-hydrogen) atoms. The number of Topliss-reactive ketones (excluding diaryl/α,β-unsaturated/α-hetero) is 1. The van der Waals surface area contributed by atoms with Crippen LogP contribution in [-0.4, -0.2) is 23.5 Å². The van der Waals surface area contributed by atoms with E-state index >= 15 is 0 Å². The highest BCUT2D eigenvalue weighted by Crippen LogP contribution is 2.30. The van der Waals surface area contributed by atoms with E-state index < -0.39 is 0 Å². The molecule has 0 saturated heterocycles. The fourth-order valence-electron chi connectivity index (χ4n) is 3.29. The van der Waals surface area contributed by atoms with Gasteiger partial charge in [-0.3, -0.25) is 4.79 Å². The van der Waals surface area contributed by atoms with Crippen LogP contribution in [0, 0.1) is 12.7 Å². The van der Waals surface area contributed by atoms with Crippen molar-refractivity contribution in [2.24, 2.45) is 5.73 Å². The van der Waals surface area contributed by atoms with E-state index in [1.54, 1.807) is 6.07 Å². The van der Waals surface area contributed by atoms with Gasteiger partial charge < -0.3 is 10.8 Å². The number of halogens is 2. The molecule has 2 atom stereocenters. The summed E-state index contributed by atoms with van der Waals surface area (Å²) < 4.78 is 14.9. The van der Waals surface area contributed by atoms with Crippen molar-refractivity contribution in [3.8, 4) is 0 Å². The van der Waals surface area contributed by atoms with Gasteiger partial charge >= 0.3 is 0 Å². The first-order valence-electron chi connectivity index (χ1n) is 9.22. The number of carbonyl (C=O) groups is 1. The van der Waals surface area contributed by atoms with Crippen LogP contribution in [0.4, 0.5) is 4.39 Å². The van der Waals surface area contributed by atoms with Gasteiger partial charge in [0.2, 0.25) is 0 Å². The Bertz CT molecular complexity index is 774. The maximum absolute atomic E-state index is 13.9. The summed E-state index contributed by atoms with van der Waals surface area (Å²) in [6.07, 6.45) is 1.78. The van der Waals surface area contributed by atoms with E-state index in [1.165, 1.54) is 6.07 Å². The minimum atomic E-state index is -0.319. The zero-order chi connectivity index (χ0) is 20.0. The van der Waals surface area contributed by atoms with Gasteiger partial charge in [0.1, 0.15) is 11.6 Å². The predicted octanol–water partition coefficient (Wildman–Crippen LogP) is 4.45. The first-order chi connectivity index (χ1) is 12.8. The van der Waals surface area contributed by atoms with Gasteiger partial charge in [0, 0.05) is 23.4 Å². The number of nitrogens with two attached hydrogens (primary N) is 1. The molecule has 0 radical (unpaired) electrons. The Morgan fingerprint density at radius 3 is 2.59 bits per heavy atom. The monoisotopic (exact) mass is 435 g/mol. The Kier molecular flexibility index (Phi) is 8.14. The standard InChI is InChI=1S/C22H27BrFNO2/c1-14-5-3-8-22(24)19(14)12-17(27)10-9-15(2)18-6-4-7-21(23)20(18)11-16(25)13-26/h3-8,15-16,26H,9-13,25H2,1-2H3/t15-,16-/m1/s1. The summed E-state index contributed by atoms with van der Waals surface area (Å²) in [7, 11) is 0. The topological polar surface area (TPSA) is 63.3 Å². The number of ketones is 1. The Morgan fingerprint density at radius 1 is 1.22 bits per heavy atom. The quantitative estimate of drug-likeness (QED) is 0.611. The van der Waals surface area contributed by atoms with Crippen molar-refractivity contribution in [1.82, 2.24) is 0 Å². The summed E-state index contributed by atoms with van der Waals surface area (Å²) in [5, 5.41) is 9.26. The second-order valence-corrected chi connectivity index (χ2v) is 8.00. The van der Waals surface area contributed by atoms with Crippen molar-refractivity contribution in [2.75, 3.05) is 6.61 Å². The van der Waals surface area contributed by atoms with Crippen LogP contribution in [0.25, 0.3) is 0 Å². The fourth-order valence-corrected chi connectivity index (χ4v) is 3.83. The third-order valence-corrected chi connectivity index (χ3v) is 5.71. The van der Waals surface area contributed by atoms with Crippen LogP contribution in [0.15, 0.2) is 40.9 Å². The molecule has 0 aliphatic carbocycles. The molecule has 0 aliphatic rings. The van der Waals surface area contributed by atoms with Crippen LogP contribution in [-0.2, 0) is 17.6 Å². The lowest BCUT2D eigenvalue weighted by molar-refractivity contribution is -0.118. The molecular weight excluding hydrogens is 409 g/mol. The molecule has 0 aliphatic heterocycles.